The SMILES string of the molecule is Clc1ccc(-c2ccc(OCc3ccccc3)cc2)cn1. The second kappa shape index (κ2) is 6.42. The first-order valence-electron chi connectivity index (χ1n) is 6.70. The molecule has 0 saturated heterocycles. The zero-order chi connectivity index (χ0) is 14.5. The molecule has 0 aliphatic heterocycles. The molecule has 1 aromatic heterocycles. The second-order valence-electron chi connectivity index (χ2n) is 4.67. The summed E-state index contributed by atoms with van der Waals surface area (Å²) >= 11 is 5.79. The van der Waals surface area contributed by atoms with Gasteiger partial charge >= 0.3 is 0 Å². The molecule has 0 atom stereocenters. The molecule has 21 heavy (non-hydrogen) atoms. The lowest BCUT2D eigenvalue weighted by atomic mass is 10.1. The van der Waals surface area contributed by atoms with Crippen LogP contribution < -0.4 is 4.74 Å². The van der Waals surface area contributed by atoms with E-state index >= 15 is 0 Å². The Kier molecular flexibility index (Phi) is 4.17. The van der Waals surface area contributed by atoms with Gasteiger partial charge in [0.25, 0.3) is 0 Å². The molecule has 2 nitrogen and oxygen atoms in total. The van der Waals surface area contributed by atoms with Gasteiger partial charge in [-0.25, -0.2) is 4.98 Å². The highest BCUT2D eigenvalue weighted by molar-refractivity contribution is 6.29. The Morgan fingerprint density at radius 3 is 2.19 bits per heavy atom. The van der Waals surface area contributed by atoms with Crippen LogP contribution in [0.5, 0.6) is 5.75 Å². The first-order valence-corrected chi connectivity index (χ1v) is 7.08. The van der Waals surface area contributed by atoms with Crippen LogP contribution in [0, 0.1) is 0 Å². The van der Waals surface area contributed by atoms with E-state index in [0.717, 1.165) is 22.4 Å². The number of rotatable bonds is 4. The lowest BCUT2D eigenvalue weighted by Gasteiger charge is -2.07. The Labute approximate surface area is 129 Å². The number of hydrogen-bond acceptors (Lipinski definition) is 2. The van der Waals surface area contributed by atoms with Crippen molar-refractivity contribution < 1.29 is 4.74 Å². The lowest BCUT2D eigenvalue weighted by Crippen LogP contribution is -1.94. The second-order valence-corrected chi connectivity index (χ2v) is 5.06. The van der Waals surface area contributed by atoms with Crippen molar-refractivity contribution in [2.75, 3.05) is 0 Å². The molecule has 0 saturated carbocycles. The first-order chi connectivity index (χ1) is 10.3. The van der Waals surface area contributed by atoms with Crippen LogP contribution >= 0.6 is 11.6 Å². The molecule has 0 spiro atoms. The number of halogens is 1. The van der Waals surface area contributed by atoms with Crippen LogP contribution in [0.15, 0.2) is 72.9 Å². The van der Waals surface area contributed by atoms with E-state index in [2.05, 4.69) is 4.98 Å². The Morgan fingerprint density at radius 2 is 1.52 bits per heavy atom. The molecule has 0 radical (unpaired) electrons. The predicted octanol–water partition coefficient (Wildman–Crippen LogP) is 4.98. The number of hydrogen-bond donors (Lipinski definition) is 0. The van der Waals surface area contributed by atoms with Gasteiger partial charge in [0.2, 0.25) is 0 Å². The maximum atomic E-state index is 5.79. The average Bonchev–Trinajstić information content (AvgIpc) is 2.55. The molecule has 0 fully saturated rings. The van der Waals surface area contributed by atoms with E-state index < -0.39 is 0 Å². The van der Waals surface area contributed by atoms with Gasteiger partial charge < -0.3 is 4.74 Å². The number of aromatic nitrogens is 1. The van der Waals surface area contributed by atoms with Gasteiger partial charge in [-0.2, -0.15) is 0 Å². The van der Waals surface area contributed by atoms with E-state index in [0.29, 0.717) is 11.8 Å². The van der Waals surface area contributed by atoms with Gasteiger partial charge in [-0.05, 0) is 35.4 Å². The largest absolute Gasteiger partial charge is 0.489 e. The average molecular weight is 296 g/mol. The van der Waals surface area contributed by atoms with Crippen molar-refractivity contribution in [1.82, 2.24) is 4.98 Å². The fourth-order valence-electron chi connectivity index (χ4n) is 2.03. The lowest BCUT2D eigenvalue weighted by molar-refractivity contribution is 0.306. The van der Waals surface area contributed by atoms with Crippen molar-refractivity contribution in [1.29, 1.82) is 0 Å². The standard InChI is InChI=1S/C18H14ClNO/c19-18-11-8-16(12-20-18)15-6-9-17(10-7-15)21-13-14-4-2-1-3-5-14/h1-12H,13H2. The number of benzene rings is 2. The molecule has 3 aromatic rings. The van der Waals surface area contributed by atoms with E-state index in [4.69, 9.17) is 16.3 Å². The summed E-state index contributed by atoms with van der Waals surface area (Å²) in [5.41, 5.74) is 3.28. The van der Waals surface area contributed by atoms with Gasteiger partial charge in [0.1, 0.15) is 17.5 Å². The molecule has 0 amide bonds. The number of ether oxygens (including phenoxy) is 1. The summed E-state index contributed by atoms with van der Waals surface area (Å²) < 4.78 is 5.77. The van der Waals surface area contributed by atoms with Gasteiger partial charge in [0, 0.05) is 11.8 Å². The number of nitrogens with zero attached hydrogens (tertiary/aromatic N) is 1. The van der Waals surface area contributed by atoms with Crippen LogP contribution in [-0.2, 0) is 6.61 Å². The molecule has 0 N–H and O–H groups in total. The van der Waals surface area contributed by atoms with Gasteiger partial charge in [-0.1, -0.05) is 54.1 Å². The third-order valence-corrected chi connectivity index (χ3v) is 3.39. The summed E-state index contributed by atoms with van der Waals surface area (Å²) in [4.78, 5) is 4.09. The fraction of sp³-hybridized carbons (Fsp3) is 0.0556. The van der Waals surface area contributed by atoms with Crippen LogP contribution in [0.4, 0.5) is 0 Å². The summed E-state index contributed by atoms with van der Waals surface area (Å²) in [6, 6.07) is 21.8. The van der Waals surface area contributed by atoms with E-state index in [-0.39, 0.29) is 0 Å². The predicted molar refractivity (Wildman–Crippen MR) is 85.5 cm³/mol. The van der Waals surface area contributed by atoms with Crippen LogP contribution in [0.1, 0.15) is 5.56 Å². The molecule has 2 aromatic carbocycles. The first kappa shape index (κ1) is 13.7. The highest BCUT2D eigenvalue weighted by Gasteiger charge is 2.00. The van der Waals surface area contributed by atoms with Gasteiger partial charge in [0.05, 0.1) is 0 Å². The molecular formula is C18H14ClNO. The zero-order valence-corrected chi connectivity index (χ0v) is 12.1. The van der Waals surface area contributed by atoms with E-state index in [1.807, 2.05) is 60.7 Å². The molecule has 0 unspecified atom stereocenters. The summed E-state index contributed by atoms with van der Waals surface area (Å²) in [5, 5.41) is 0.501. The molecule has 3 heteroatoms. The minimum Gasteiger partial charge on any atom is -0.489 e. The van der Waals surface area contributed by atoms with Crippen molar-refractivity contribution in [3.8, 4) is 16.9 Å². The molecule has 3 rings (SSSR count). The molecule has 0 bridgehead atoms. The normalized spacial score (nSPS) is 10.3. The minimum atomic E-state index is 0.501. The maximum Gasteiger partial charge on any atom is 0.129 e. The monoisotopic (exact) mass is 295 g/mol. The molecule has 0 aliphatic rings. The number of pyridine rings is 1. The Hall–Kier alpha value is -2.32. The van der Waals surface area contributed by atoms with Crippen LogP contribution in [0.25, 0.3) is 11.1 Å². The van der Waals surface area contributed by atoms with Crippen molar-refractivity contribution >= 4 is 11.6 Å². The Balaban J connectivity index is 1.68. The molecular weight excluding hydrogens is 282 g/mol. The molecule has 104 valence electrons. The highest BCUT2D eigenvalue weighted by Crippen LogP contribution is 2.23. The quantitative estimate of drug-likeness (QED) is 0.633. The van der Waals surface area contributed by atoms with Gasteiger partial charge in [-0.15, -0.1) is 0 Å². The maximum absolute atomic E-state index is 5.79. The topological polar surface area (TPSA) is 22.1 Å². The van der Waals surface area contributed by atoms with Gasteiger partial charge in [-0.3, -0.25) is 0 Å². The van der Waals surface area contributed by atoms with E-state index in [9.17, 15) is 0 Å². The third kappa shape index (κ3) is 3.61. The van der Waals surface area contributed by atoms with Crippen molar-refractivity contribution in [3.05, 3.63) is 83.6 Å². The van der Waals surface area contributed by atoms with Crippen LogP contribution in [0.3, 0.4) is 0 Å². The minimum absolute atomic E-state index is 0.501. The van der Waals surface area contributed by atoms with Crippen LogP contribution in [-0.4, -0.2) is 4.98 Å². The van der Waals surface area contributed by atoms with E-state index in [1.54, 1.807) is 12.3 Å². The summed E-state index contributed by atoms with van der Waals surface area (Å²) in [5.74, 6) is 0.851. The fourth-order valence-corrected chi connectivity index (χ4v) is 2.14. The van der Waals surface area contributed by atoms with E-state index in [1.165, 1.54) is 0 Å². The highest BCUT2D eigenvalue weighted by atomic mass is 35.5. The Morgan fingerprint density at radius 1 is 0.810 bits per heavy atom. The van der Waals surface area contributed by atoms with Crippen LogP contribution in [0.2, 0.25) is 5.15 Å². The van der Waals surface area contributed by atoms with Crippen molar-refractivity contribution in [3.63, 3.8) is 0 Å². The Bertz CT molecular complexity index is 694. The smallest absolute Gasteiger partial charge is 0.129 e. The van der Waals surface area contributed by atoms with Gasteiger partial charge in [0.15, 0.2) is 0 Å². The summed E-state index contributed by atoms with van der Waals surface area (Å²) in [7, 11) is 0. The third-order valence-electron chi connectivity index (χ3n) is 3.16. The van der Waals surface area contributed by atoms with Crippen molar-refractivity contribution in [2.24, 2.45) is 0 Å². The summed E-state index contributed by atoms with van der Waals surface area (Å²) in [6.45, 7) is 0.572. The summed E-state index contributed by atoms with van der Waals surface area (Å²) in [6.07, 6.45) is 1.77. The zero-order valence-electron chi connectivity index (χ0n) is 11.4. The molecule has 1 heterocycles. The van der Waals surface area contributed by atoms with Crippen molar-refractivity contribution in [2.45, 2.75) is 6.61 Å². The molecule has 0 aliphatic carbocycles.